The summed E-state index contributed by atoms with van der Waals surface area (Å²) in [5.41, 5.74) is -0.453. The lowest BCUT2D eigenvalue weighted by Crippen LogP contribution is -2.28. The molecule has 0 saturated carbocycles. The van der Waals surface area contributed by atoms with E-state index in [-0.39, 0.29) is 13.0 Å². The van der Waals surface area contributed by atoms with E-state index in [9.17, 15) is 18.4 Å². The lowest BCUT2D eigenvalue weighted by Gasteiger charge is -2.08. The Hall–Kier alpha value is -2.05. The van der Waals surface area contributed by atoms with Crippen LogP contribution in [0.15, 0.2) is 12.3 Å². The summed E-state index contributed by atoms with van der Waals surface area (Å²) in [6.07, 6.45) is 1.18. The minimum Gasteiger partial charge on any atom is -0.481 e. The maximum atomic E-state index is 13.2. The van der Waals surface area contributed by atoms with Gasteiger partial charge in [0.05, 0.1) is 11.5 Å². The van der Waals surface area contributed by atoms with Gasteiger partial charge >= 0.3 is 5.97 Å². The third-order valence-corrected chi connectivity index (χ3v) is 2.38. The fourth-order valence-electron chi connectivity index (χ4n) is 1.21. The van der Waals surface area contributed by atoms with Crippen LogP contribution in [0.4, 0.5) is 8.78 Å². The number of amides is 1. The van der Waals surface area contributed by atoms with E-state index in [1.165, 1.54) is 6.92 Å². The van der Waals surface area contributed by atoms with Crippen molar-refractivity contribution in [2.75, 3.05) is 6.54 Å². The second-order valence-electron chi connectivity index (χ2n) is 3.75. The van der Waals surface area contributed by atoms with Crippen molar-refractivity contribution in [1.82, 2.24) is 10.3 Å². The summed E-state index contributed by atoms with van der Waals surface area (Å²) in [5, 5.41) is 10.9. The van der Waals surface area contributed by atoms with Gasteiger partial charge in [-0.05, 0) is 12.5 Å². The minimum absolute atomic E-state index is 0.0652. The molecule has 98 valence electrons. The molecule has 1 heterocycles. The standard InChI is InChI=1S/C11H12F2N2O3/c1-6(11(17)18)2-4-15-10(16)7-3-5-14-9(13)8(7)12/h3,5-6H,2,4H2,1H3,(H,15,16)(H,17,18). The van der Waals surface area contributed by atoms with Gasteiger partial charge in [-0.15, -0.1) is 0 Å². The molecule has 0 fully saturated rings. The quantitative estimate of drug-likeness (QED) is 0.778. The molecule has 0 aliphatic heterocycles. The van der Waals surface area contributed by atoms with E-state index in [4.69, 9.17) is 5.11 Å². The number of aliphatic carboxylic acids is 1. The van der Waals surface area contributed by atoms with Crippen LogP contribution in [0.3, 0.4) is 0 Å². The zero-order valence-electron chi connectivity index (χ0n) is 9.61. The second kappa shape index (κ2) is 6.04. The fourth-order valence-corrected chi connectivity index (χ4v) is 1.21. The molecular weight excluding hydrogens is 246 g/mol. The van der Waals surface area contributed by atoms with Crippen molar-refractivity contribution in [3.8, 4) is 0 Å². The van der Waals surface area contributed by atoms with Crippen molar-refractivity contribution in [3.63, 3.8) is 0 Å². The summed E-state index contributed by atoms with van der Waals surface area (Å²) < 4.78 is 25.9. The zero-order chi connectivity index (χ0) is 13.7. The number of aromatic nitrogens is 1. The van der Waals surface area contributed by atoms with Crippen LogP contribution >= 0.6 is 0 Å². The van der Waals surface area contributed by atoms with Crippen molar-refractivity contribution >= 4 is 11.9 Å². The number of nitrogens with one attached hydrogen (secondary N) is 1. The number of nitrogens with zero attached hydrogens (tertiary/aromatic N) is 1. The summed E-state index contributed by atoms with van der Waals surface area (Å²) in [6, 6.07) is 1.05. The first kappa shape index (κ1) is 14.0. The molecule has 1 amide bonds. The minimum atomic E-state index is -1.35. The molecule has 1 rings (SSSR count). The molecule has 2 N–H and O–H groups in total. The van der Waals surface area contributed by atoms with Crippen molar-refractivity contribution in [1.29, 1.82) is 0 Å². The SMILES string of the molecule is CC(CCNC(=O)c1ccnc(F)c1F)C(=O)O. The average Bonchev–Trinajstić information content (AvgIpc) is 2.32. The van der Waals surface area contributed by atoms with Gasteiger partial charge in [-0.1, -0.05) is 6.92 Å². The molecule has 1 atom stereocenters. The first-order valence-corrected chi connectivity index (χ1v) is 5.24. The Balaban J connectivity index is 2.56. The summed E-state index contributed by atoms with van der Waals surface area (Å²) >= 11 is 0. The van der Waals surface area contributed by atoms with E-state index in [0.29, 0.717) is 0 Å². The van der Waals surface area contributed by atoms with Gasteiger partial charge in [-0.2, -0.15) is 4.39 Å². The topological polar surface area (TPSA) is 79.3 Å². The maximum absolute atomic E-state index is 13.2. The summed E-state index contributed by atoms with van der Waals surface area (Å²) in [5.74, 6) is -5.07. The molecule has 0 spiro atoms. The largest absolute Gasteiger partial charge is 0.481 e. The Kier molecular flexibility index (Phi) is 4.70. The number of carbonyl (C=O) groups excluding carboxylic acids is 1. The number of pyridine rings is 1. The highest BCUT2D eigenvalue weighted by Crippen LogP contribution is 2.08. The number of hydrogen-bond acceptors (Lipinski definition) is 3. The van der Waals surface area contributed by atoms with Crippen molar-refractivity contribution in [2.24, 2.45) is 5.92 Å². The molecule has 0 radical (unpaired) electrons. The smallest absolute Gasteiger partial charge is 0.306 e. The fraction of sp³-hybridized carbons (Fsp3) is 0.364. The molecule has 7 heteroatoms. The van der Waals surface area contributed by atoms with E-state index in [1.807, 2.05) is 0 Å². The van der Waals surface area contributed by atoms with Gasteiger partial charge in [0.2, 0.25) is 5.95 Å². The molecule has 18 heavy (non-hydrogen) atoms. The highest BCUT2D eigenvalue weighted by molar-refractivity contribution is 5.94. The third-order valence-electron chi connectivity index (χ3n) is 2.38. The van der Waals surface area contributed by atoms with Gasteiger partial charge in [0.15, 0.2) is 5.82 Å². The van der Waals surface area contributed by atoms with Gasteiger partial charge in [-0.25, -0.2) is 9.37 Å². The summed E-state index contributed by atoms with van der Waals surface area (Å²) in [6.45, 7) is 1.55. The highest BCUT2D eigenvalue weighted by atomic mass is 19.2. The monoisotopic (exact) mass is 258 g/mol. The molecular formula is C11H12F2N2O3. The molecule has 0 aromatic carbocycles. The second-order valence-corrected chi connectivity index (χ2v) is 3.75. The Labute approximate surface area is 102 Å². The van der Waals surface area contributed by atoms with Crippen LogP contribution in [-0.2, 0) is 4.79 Å². The maximum Gasteiger partial charge on any atom is 0.306 e. The van der Waals surface area contributed by atoms with E-state index in [1.54, 1.807) is 0 Å². The third kappa shape index (κ3) is 3.47. The predicted molar refractivity (Wildman–Crippen MR) is 57.9 cm³/mol. The Bertz CT molecular complexity index is 466. The van der Waals surface area contributed by atoms with Crippen molar-refractivity contribution in [2.45, 2.75) is 13.3 Å². The van der Waals surface area contributed by atoms with Gasteiger partial charge in [-0.3, -0.25) is 9.59 Å². The van der Waals surface area contributed by atoms with E-state index in [0.717, 1.165) is 12.3 Å². The normalized spacial score (nSPS) is 11.9. The first-order chi connectivity index (χ1) is 8.43. The number of halogens is 2. The number of carboxylic acid groups (broad SMARTS) is 1. The van der Waals surface area contributed by atoms with Crippen LogP contribution in [0.25, 0.3) is 0 Å². The van der Waals surface area contributed by atoms with E-state index >= 15 is 0 Å². The molecule has 1 aromatic rings. The van der Waals surface area contributed by atoms with Crippen molar-refractivity contribution in [3.05, 3.63) is 29.6 Å². The molecule has 0 bridgehead atoms. The Morgan fingerprint density at radius 1 is 1.50 bits per heavy atom. The lowest BCUT2D eigenvalue weighted by molar-refractivity contribution is -0.141. The Morgan fingerprint density at radius 2 is 2.17 bits per heavy atom. The van der Waals surface area contributed by atoms with Gasteiger partial charge in [0.1, 0.15) is 0 Å². The van der Waals surface area contributed by atoms with Gasteiger partial charge in [0, 0.05) is 12.7 Å². The van der Waals surface area contributed by atoms with Crippen LogP contribution in [0.2, 0.25) is 0 Å². The summed E-state index contributed by atoms with van der Waals surface area (Å²) in [4.78, 5) is 25.0. The average molecular weight is 258 g/mol. The lowest BCUT2D eigenvalue weighted by atomic mass is 10.1. The number of hydrogen-bond donors (Lipinski definition) is 2. The zero-order valence-corrected chi connectivity index (χ0v) is 9.61. The number of carboxylic acids is 1. The van der Waals surface area contributed by atoms with Crippen LogP contribution in [-0.4, -0.2) is 28.5 Å². The highest BCUT2D eigenvalue weighted by Gasteiger charge is 2.16. The number of carbonyl (C=O) groups is 2. The van der Waals surface area contributed by atoms with Crippen molar-refractivity contribution < 1.29 is 23.5 Å². The van der Waals surface area contributed by atoms with Crippen LogP contribution < -0.4 is 5.32 Å². The molecule has 0 aliphatic rings. The Morgan fingerprint density at radius 3 is 2.78 bits per heavy atom. The molecule has 5 nitrogen and oxygen atoms in total. The van der Waals surface area contributed by atoms with Gasteiger partial charge in [0.25, 0.3) is 5.91 Å². The van der Waals surface area contributed by atoms with Crippen LogP contribution in [0.1, 0.15) is 23.7 Å². The summed E-state index contributed by atoms with van der Waals surface area (Å²) in [7, 11) is 0. The van der Waals surface area contributed by atoms with Crippen LogP contribution in [0.5, 0.6) is 0 Å². The first-order valence-electron chi connectivity index (χ1n) is 5.24. The molecule has 1 unspecified atom stereocenters. The van der Waals surface area contributed by atoms with Crippen LogP contribution in [0, 0.1) is 17.7 Å². The number of rotatable bonds is 5. The molecule has 0 saturated heterocycles. The van der Waals surface area contributed by atoms with E-state index in [2.05, 4.69) is 10.3 Å². The molecule has 0 aliphatic carbocycles. The van der Waals surface area contributed by atoms with E-state index < -0.39 is 35.1 Å². The van der Waals surface area contributed by atoms with Gasteiger partial charge < -0.3 is 10.4 Å². The predicted octanol–water partition coefficient (Wildman–Crippen LogP) is 1.20. The molecule has 1 aromatic heterocycles.